The SMILES string of the molecule is C=C(O)/C1=C\C(C)=C/CCNCC(C)(C)CNCc2cc(C)cc(c2O)CNCC(C)(C)CNC1.C=C(O)/C1=C\C(OC)=C/CCNCC(C)(C)CNCc2cc(OC)cc(c2O)CNCC(C)(C)CNC1.[CH3-].[CH3-].[CH3-].[CH3-].[Zn].[Zn].[Zn].[Zn]. The summed E-state index contributed by atoms with van der Waals surface area (Å²) >= 11 is 0. The molecule has 0 aliphatic carbocycles. The summed E-state index contributed by atoms with van der Waals surface area (Å²) < 4.78 is 11.0. The summed E-state index contributed by atoms with van der Waals surface area (Å²) in [5.41, 5.74) is 7.29. The summed E-state index contributed by atoms with van der Waals surface area (Å²) in [6.45, 7) is 40.7. The Labute approximate surface area is 539 Å². The Bertz CT molecular complexity index is 2200. The van der Waals surface area contributed by atoms with Crippen LogP contribution < -0.4 is 47.3 Å². The van der Waals surface area contributed by atoms with E-state index in [4.69, 9.17) is 9.47 Å². The van der Waals surface area contributed by atoms with Gasteiger partial charge in [0.05, 0.1) is 14.2 Å². The van der Waals surface area contributed by atoms with E-state index in [9.17, 15) is 20.4 Å². The van der Waals surface area contributed by atoms with Gasteiger partial charge in [0.25, 0.3) is 0 Å². The fourth-order valence-electron chi connectivity index (χ4n) is 8.53. The Balaban J connectivity index is -0.000000311. The van der Waals surface area contributed by atoms with Crippen LogP contribution in [0.15, 0.2) is 95.7 Å². The zero-order chi connectivity index (χ0) is 53.5. The summed E-state index contributed by atoms with van der Waals surface area (Å²) in [4.78, 5) is 0. The van der Waals surface area contributed by atoms with Crippen molar-refractivity contribution in [2.45, 2.75) is 108 Å². The molecule has 2 aliphatic rings. The average molecular weight is 1320 g/mol. The molecule has 0 spiro atoms. The summed E-state index contributed by atoms with van der Waals surface area (Å²) in [6.07, 6.45) is 9.77. The summed E-state index contributed by atoms with van der Waals surface area (Å²) in [7, 11) is 3.28. The van der Waals surface area contributed by atoms with E-state index >= 15 is 0 Å². The van der Waals surface area contributed by atoms with Gasteiger partial charge in [0.2, 0.25) is 0 Å². The van der Waals surface area contributed by atoms with Gasteiger partial charge in [0.1, 0.15) is 34.5 Å². The van der Waals surface area contributed by atoms with E-state index in [1.165, 1.54) is 0 Å². The van der Waals surface area contributed by atoms with Gasteiger partial charge in [-0.2, -0.15) is 0 Å². The van der Waals surface area contributed by atoms with E-state index in [2.05, 4.69) is 143 Å². The number of aromatic hydroxyl groups is 2. The van der Waals surface area contributed by atoms with Gasteiger partial charge in [0, 0.05) is 203 Å². The summed E-state index contributed by atoms with van der Waals surface area (Å²) in [5, 5.41) is 70.1. The van der Waals surface area contributed by atoms with E-state index in [1.807, 2.05) is 30.4 Å². The van der Waals surface area contributed by atoms with Gasteiger partial charge in [-0.1, -0.05) is 104 Å². The van der Waals surface area contributed by atoms with Crippen molar-refractivity contribution in [3.8, 4) is 17.2 Å². The van der Waals surface area contributed by atoms with Crippen molar-refractivity contribution in [3.05, 3.63) is 153 Å². The smallest absolute Gasteiger partial charge is 0.124 e. The number of fused-ring (bicyclic) bond motifs is 4. The molecular formula is C62H108N8O6Zn4-4. The van der Waals surface area contributed by atoms with Crippen molar-refractivity contribution < 1.29 is 108 Å². The maximum atomic E-state index is 11.0. The molecule has 4 rings (SSSR count). The predicted molar refractivity (Wildman–Crippen MR) is 324 cm³/mol. The molecule has 0 unspecified atom stereocenters. The van der Waals surface area contributed by atoms with Crippen LogP contribution in [0.25, 0.3) is 0 Å². The minimum Gasteiger partial charge on any atom is -0.508 e. The van der Waals surface area contributed by atoms with Gasteiger partial charge >= 0.3 is 0 Å². The molecule has 444 valence electrons. The molecule has 2 heterocycles. The van der Waals surface area contributed by atoms with Gasteiger partial charge in [-0.3, -0.25) is 0 Å². The number of ether oxygens (including phenoxy) is 2. The number of hydrogen-bond acceptors (Lipinski definition) is 14. The van der Waals surface area contributed by atoms with Crippen molar-refractivity contribution in [1.29, 1.82) is 0 Å². The fraction of sp³-hybridized carbons (Fsp3) is 0.548. The van der Waals surface area contributed by atoms with Crippen LogP contribution in [-0.2, 0) is 109 Å². The van der Waals surface area contributed by atoms with Crippen LogP contribution in [0.5, 0.6) is 17.2 Å². The number of allylic oxidation sites excluding steroid dienone is 3. The molecule has 0 atom stereocenters. The minimum absolute atomic E-state index is 0. The van der Waals surface area contributed by atoms with Crippen molar-refractivity contribution in [2.24, 2.45) is 21.7 Å². The molecule has 0 aromatic heterocycles. The van der Waals surface area contributed by atoms with Crippen molar-refractivity contribution in [2.75, 3.05) is 92.8 Å². The minimum atomic E-state index is -0.0745. The number of nitrogens with one attached hydrogen (secondary N) is 8. The van der Waals surface area contributed by atoms with E-state index in [0.29, 0.717) is 62.1 Å². The third kappa shape index (κ3) is 35.2. The van der Waals surface area contributed by atoms with Crippen LogP contribution in [-0.4, -0.2) is 113 Å². The molecule has 4 bridgehead atoms. The van der Waals surface area contributed by atoms with Crippen LogP contribution in [0.2, 0.25) is 0 Å². The largest absolute Gasteiger partial charge is 0.508 e. The standard InChI is InChI=1S/C29H48N4O4.C29H48N4O2.4CH3.4Zn/c1-21(34)22-11-25(36-6)9-8-10-30-17-28(2,3)18-32-15-23-12-26(37-7)13-24(27(23)35)16-33-20-29(4,5)19-31-14-22;1-21-9-8-10-30-17-28(4,5)18-32-15-25-12-22(2)13-26(27(25)35)16-33-20-29(6,7)19-31-14-24(11-21)23(3)34;;;;;;;;/h9,11-13,30-35H,1,8,10,14-20H2,2-7H3;9,11-13,30-35H,3,8,10,14-20H2,1-2,4-7H3;4*1H3;;;;/q;;4*-1;;;;/b22-11-,25-9+;21-9-,24-11-;;;;;;;;. The van der Waals surface area contributed by atoms with Gasteiger partial charge in [-0.15, -0.1) is 0 Å². The monoisotopic (exact) mass is 1320 g/mol. The number of aliphatic hydroxyl groups is 2. The fourth-order valence-corrected chi connectivity index (χ4v) is 8.53. The van der Waals surface area contributed by atoms with E-state index < -0.39 is 0 Å². The Morgan fingerprint density at radius 1 is 0.450 bits per heavy atom. The molecule has 0 saturated heterocycles. The van der Waals surface area contributed by atoms with Gasteiger partial charge in [0.15, 0.2) is 0 Å². The second-order valence-corrected chi connectivity index (χ2v) is 22.9. The molecule has 0 saturated carbocycles. The molecule has 12 N–H and O–H groups in total. The molecule has 2 aromatic rings. The number of hydrogen-bond donors (Lipinski definition) is 12. The quantitative estimate of drug-likeness (QED) is 0.0786. The average Bonchev–Trinajstić information content (AvgIpc) is 3.29. The second kappa shape index (κ2) is 44.3. The third-order valence-corrected chi connectivity index (χ3v) is 12.8. The van der Waals surface area contributed by atoms with Crippen molar-refractivity contribution >= 4 is 0 Å². The van der Waals surface area contributed by atoms with Crippen LogP contribution in [0.1, 0.15) is 103 Å². The van der Waals surface area contributed by atoms with E-state index in [-0.39, 0.29) is 141 Å². The van der Waals surface area contributed by atoms with Gasteiger partial charge in [-0.05, 0) is 85.7 Å². The number of phenolic OH excluding ortho intramolecular Hbond substituents is 2. The molecule has 18 heteroatoms. The van der Waals surface area contributed by atoms with Crippen molar-refractivity contribution in [3.63, 3.8) is 0 Å². The van der Waals surface area contributed by atoms with Crippen LogP contribution in [0, 0.1) is 58.3 Å². The number of rotatable bonds is 4. The van der Waals surface area contributed by atoms with Gasteiger partial charge in [-0.25, -0.2) is 0 Å². The molecule has 0 radical (unpaired) electrons. The second-order valence-electron chi connectivity index (χ2n) is 22.9. The molecule has 14 nitrogen and oxygen atoms in total. The van der Waals surface area contributed by atoms with Gasteiger partial charge < -0.3 is 102 Å². The van der Waals surface area contributed by atoms with Crippen LogP contribution >= 0.6 is 0 Å². The first-order valence-electron chi connectivity index (χ1n) is 25.8. The van der Waals surface area contributed by atoms with Crippen molar-refractivity contribution in [1.82, 2.24) is 42.5 Å². The Morgan fingerprint density at radius 3 is 1.07 bits per heavy atom. The Morgan fingerprint density at radius 2 is 0.750 bits per heavy atom. The first-order valence-corrected chi connectivity index (χ1v) is 25.8. The van der Waals surface area contributed by atoms with Crippen LogP contribution in [0.3, 0.4) is 0 Å². The van der Waals surface area contributed by atoms with E-state index in [1.54, 1.807) is 14.2 Å². The number of benzene rings is 2. The first kappa shape index (κ1) is 89.1. The number of phenols is 2. The normalized spacial score (nSPS) is 21.2. The number of aryl methyl sites for hydroxylation is 1. The number of methoxy groups -OCH3 is 2. The predicted octanol–water partition coefficient (Wildman–Crippen LogP) is 9.99. The molecule has 2 aliphatic heterocycles. The summed E-state index contributed by atoms with van der Waals surface area (Å²) in [6, 6.07) is 7.90. The maximum absolute atomic E-state index is 11.0. The molecular weight excluding hydrogens is 1210 g/mol. The first-order chi connectivity index (χ1) is 33.8. The zero-order valence-corrected chi connectivity index (χ0v) is 65.1. The summed E-state index contributed by atoms with van der Waals surface area (Å²) in [5.74, 6) is 2.24. The molecule has 0 fully saturated rings. The maximum Gasteiger partial charge on any atom is 0.124 e. The molecule has 80 heavy (non-hydrogen) atoms. The number of aliphatic hydroxyl groups excluding tert-OH is 2. The van der Waals surface area contributed by atoms with E-state index in [0.717, 1.165) is 123 Å². The third-order valence-electron chi connectivity index (χ3n) is 12.8. The topological polar surface area (TPSA) is 196 Å². The Kier molecular flexibility index (Phi) is 49.4. The zero-order valence-electron chi connectivity index (χ0n) is 53.2. The van der Waals surface area contributed by atoms with Crippen LogP contribution in [0.4, 0.5) is 0 Å². The molecule has 0 amide bonds. The Hall–Kier alpha value is -2.15. The molecule has 2 aromatic carbocycles.